The van der Waals surface area contributed by atoms with Crippen LogP contribution in [0.2, 0.25) is 0 Å². The summed E-state index contributed by atoms with van der Waals surface area (Å²) in [4.78, 5) is 24.3. The second-order valence-corrected chi connectivity index (χ2v) is 6.26. The van der Waals surface area contributed by atoms with Crippen molar-refractivity contribution in [2.75, 3.05) is 13.7 Å². The van der Waals surface area contributed by atoms with Crippen molar-refractivity contribution in [3.8, 4) is 11.5 Å². The molecule has 3 rings (SSSR count). The molecule has 0 radical (unpaired) electrons. The van der Waals surface area contributed by atoms with Gasteiger partial charge in [0.15, 0.2) is 17.2 Å². The Balaban J connectivity index is 1.72. The molecule has 0 spiro atoms. The Morgan fingerprint density at radius 1 is 1.21 bits per heavy atom. The summed E-state index contributed by atoms with van der Waals surface area (Å²) in [5, 5.41) is 11.0. The van der Waals surface area contributed by atoms with Crippen LogP contribution in [0.15, 0.2) is 52.4 Å². The first-order valence-corrected chi connectivity index (χ1v) is 9.25. The predicted molar refractivity (Wildman–Crippen MR) is 111 cm³/mol. The van der Waals surface area contributed by atoms with E-state index >= 15 is 0 Å². The Kier molecular flexibility index (Phi) is 6.57. The van der Waals surface area contributed by atoms with E-state index in [1.165, 1.54) is 6.21 Å². The number of aromatic amines is 1. The monoisotopic (exact) mass is 394 g/mol. The summed E-state index contributed by atoms with van der Waals surface area (Å²) in [6, 6.07) is 12.1. The van der Waals surface area contributed by atoms with Crippen LogP contribution < -0.4 is 20.5 Å². The Labute approximate surface area is 167 Å². The number of amides is 1. The summed E-state index contributed by atoms with van der Waals surface area (Å²) in [6.07, 6.45) is 3.50. The van der Waals surface area contributed by atoms with Gasteiger partial charge in [-0.1, -0.05) is 31.5 Å². The van der Waals surface area contributed by atoms with Gasteiger partial charge in [0.2, 0.25) is 0 Å². The molecule has 0 unspecified atom stereocenters. The molecule has 0 aliphatic carbocycles. The van der Waals surface area contributed by atoms with Crippen molar-refractivity contribution in [2.24, 2.45) is 5.10 Å². The molecule has 0 bridgehead atoms. The highest BCUT2D eigenvalue weighted by molar-refractivity contribution is 6.04. The summed E-state index contributed by atoms with van der Waals surface area (Å²) >= 11 is 0. The normalized spacial score (nSPS) is 11.0. The van der Waals surface area contributed by atoms with Gasteiger partial charge in [-0.05, 0) is 36.2 Å². The molecule has 2 aromatic carbocycles. The van der Waals surface area contributed by atoms with Crippen molar-refractivity contribution in [3.63, 3.8) is 0 Å². The molecule has 0 saturated heterocycles. The molecule has 1 heterocycles. The van der Waals surface area contributed by atoms with E-state index < -0.39 is 5.91 Å². The molecule has 0 fully saturated rings. The number of aromatic nitrogens is 2. The van der Waals surface area contributed by atoms with E-state index in [0.29, 0.717) is 28.9 Å². The van der Waals surface area contributed by atoms with Gasteiger partial charge < -0.3 is 9.47 Å². The number of benzene rings is 2. The van der Waals surface area contributed by atoms with Gasteiger partial charge in [0.1, 0.15) is 0 Å². The Bertz CT molecular complexity index is 1090. The first-order chi connectivity index (χ1) is 14.1. The van der Waals surface area contributed by atoms with Crippen molar-refractivity contribution in [1.82, 2.24) is 15.6 Å². The van der Waals surface area contributed by atoms with Gasteiger partial charge in [0.05, 0.1) is 25.3 Å². The van der Waals surface area contributed by atoms with Crippen LogP contribution in [0.25, 0.3) is 10.8 Å². The van der Waals surface area contributed by atoms with E-state index in [2.05, 4.69) is 27.6 Å². The zero-order valence-electron chi connectivity index (χ0n) is 16.3. The van der Waals surface area contributed by atoms with Gasteiger partial charge in [-0.3, -0.25) is 9.59 Å². The van der Waals surface area contributed by atoms with E-state index in [1.807, 2.05) is 6.07 Å². The zero-order valence-corrected chi connectivity index (χ0v) is 16.3. The number of ether oxygens (including phenoxy) is 2. The number of H-pyrrole nitrogens is 1. The van der Waals surface area contributed by atoms with Gasteiger partial charge >= 0.3 is 0 Å². The Morgan fingerprint density at radius 3 is 2.76 bits per heavy atom. The minimum absolute atomic E-state index is 0.0922. The molecular formula is C21H22N4O4. The quantitative estimate of drug-likeness (QED) is 0.347. The van der Waals surface area contributed by atoms with Gasteiger partial charge in [-0.25, -0.2) is 10.5 Å². The lowest BCUT2D eigenvalue weighted by atomic mass is 10.1. The van der Waals surface area contributed by atoms with E-state index in [9.17, 15) is 9.59 Å². The minimum Gasteiger partial charge on any atom is -0.493 e. The second kappa shape index (κ2) is 9.50. The van der Waals surface area contributed by atoms with Crippen LogP contribution >= 0.6 is 0 Å². The molecule has 150 valence electrons. The molecule has 0 saturated carbocycles. The third-order valence-corrected chi connectivity index (χ3v) is 4.23. The number of hydrazone groups is 1. The van der Waals surface area contributed by atoms with Crippen molar-refractivity contribution < 1.29 is 14.3 Å². The van der Waals surface area contributed by atoms with E-state index in [1.54, 1.807) is 43.5 Å². The Morgan fingerprint density at radius 2 is 2.00 bits per heavy atom. The molecule has 1 amide bonds. The maximum atomic E-state index is 12.4. The summed E-state index contributed by atoms with van der Waals surface area (Å²) in [7, 11) is 1.57. The number of unbranched alkanes of at least 4 members (excludes halogenated alkanes) is 1. The van der Waals surface area contributed by atoms with E-state index in [0.717, 1.165) is 18.4 Å². The molecule has 0 aliphatic heterocycles. The summed E-state index contributed by atoms with van der Waals surface area (Å²) < 4.78 is 11.1. The van der Waals surface area contributed by atoms with Gasteiger partial charge in [0, 0.05) is 5.39 Å². The van der Waals surface area contributed by atoms with Crippen molar-refractivity contribution in [1.29, 1.82) is 0 Å². The maximum Gasteiger partial charge on any atom is 0.292 e. The highest BCUT2D eigenvalue weighted by atomic mass is 16.5. The van der Waals surface area contributed by atoms with Crippen LogP contribution in [-0.4, -0.2) is 36.0 Å². The standard InChI is InChI=1S/C21H22N4O4/c1-3-4-11-29-17-10-9-14(12-18(17)28-2)13-22-24-21(27)19-15-7-5-6-8-16(15)20(26)25-23-19/h5-10,12-13H,3-4,11H2,1-2H3,(H,24,27)(H,25,26)/b22-13+. The van der Waals surface area contributed by atoms with Gasteiger partial charge in [-0.2, -0.15) is 10.2 Å². The topological polar surface area (TPSA) is 106 Å². The molecular weight excluding hydrogens is 372 g/mol. The van der Waals surface area contributed by atoms with E-state index in [4.69, 9.17) is 9.47 Å². The number of methoxy groups -OCH3 is 1. The number of nitrogens with one attached hydrogen (secondary N) is 2. The molecule has 2 N–H and O–H groups in total. The Hall–Kier alpha value is -3.68. The van der Waals surface area contributed by atoms with Gasteiger partial charge in [-0.15, -0.1) is 0 Å². The molecule has 0 atom stereocenters. The zero-order chi connectivity index (χ0) is 20.6. The van der Waals surface area contributed by atoms with Crippen LogP contribution in [0.5, 0.6) is 11.5 Å². The third-order valence-electron chi connectivity index (χ3n) is 4.23. The molecule has 29 heavy (non-hydrogen) atoms. The second-order valence-electron chi connectivity index (χ2n) is 6.26. The first-order valence-electron chi connectivity index (χ1n) is 9.25. The lowest BCUT2D eigenvalue weighted by Crippen LogP contribution is -2.22. The predicted octanol–water partition coefficient (Wildman–Crippen LogP) is 2.87. The maximum absolute atomic E-state index is 12.4. The van der Waals surface area contributed by atoms with Crippen molar-refractivity contribution >= 4 is 22.9 Å². The summed E-state index contributed by atoms with van der Waals surface area (Å²) in [6.45, 7) is 2.72. The lowest BCUT2D eigenvalue weighted by molar-refractivity contribution is 0.0951. The van der Waals surface area contributed by atoms with Crippen LogP contribution in [0.1, 0.15) is 35.8 Å². The van der Waals surface area contributed by atoms with Crippen LogP contribution in [0, 0.1) is 0 Å². The average Bonchev–Trinajstić information content (AvgIpc) is 2.75. The number of carbonyl (C=O) groups is 1. The highest BCUT2D eigenvalue weighted by Crippen LogP contribution is 2.27. The summed E-state index contributed by atoms with van der Waals surface area (Å²) in [5.41, 5.74) is 2.89. The van der Waals surface area contributed by atoms with Gasteiger partial charge in [0.25, 0.3) is 11.5 Å². The smallest absolute Gasteiger partial charge is 0.292 e. The van der Waals surface area contributed by atoms with Crippen molar-refractivity contribution in [3.05, 3.63) is 64.1 Å². The third kappa shape index (κ3) is 4.78. The number of hydrogen-bond acceptors (Lipinski definition) is 6. The number of fused-ring (bicyclic) bond motifs is 1. The fourth-order valence-corrected chi connectivity index (χ4v) is 2.72. The van der Waals surface area contributed by atoms with E-state index in [-0.39, 0.29) is 11.3 Å². The molecule has 8 nitrogen and oxygen atoms in total. The average molecular weight is 394 g/mol. The fraction of sp³-hybridized carbons (Fsp3) is 0.238. The number of rotatable bonds is 8. The number of hydrogen-bond donors (Lipinski definition) is 2. The SMILES string of the molecule is CCCCOc1ccc(/C=N/NC(=O)c2n[nH]c(=O)c3ccccc23)cc1OC. The molecule has 3 aromatic rings. The first kappa shape index (κ1) is 20.1. The number of nitrogens with zero attached hydrogens (tertiary/aromatic N) is 2. The fourth-order valence-electron chi connectivity index (χ4n) is 2.72. The summed E-state index contributed by atoms with van der Waals surface area (Å²) in [5.74, 6) is 0.718. The van der Waals surface area contributed by atoms with Crippen LogP contribution in [0.3, 0.4) is 0 Å². The van der Waals surface area contributed by atoms with Crippen LogP contribution in [-0.2, 0) is 0 Å². The lowest BCUT2D eigenvalue weighted by Gasteiger charge is -2.10. The minimum atomic E-state index is -0.528. The van der Waals surface area contributed by atoms with Crippen LogP contribution in [0.4, 0.5) is 0 Å². The number of carbonyl (C=O) groups excluding carboxylic acids is 1. The highest BCUT2D eigenvalue weighted by Gasteiger charge is 2.13. The molecule has 1 aromatic heterocycles. The van der Waals surface area contributed by atoms with Crippen molar-refractivity contribution in [2.45, 2.75) is 19.8 Å². The largest absolute Gasteiger partial charge is 0.493 e. The molecule has 8 heteroatoms. The molecule has 0 aliphatic rings.